The lowest BCUT2D eigenvalue weighted by Crippen LogP contribution is -2.31. The SMILES string of the molecule is Clc1ccc(-c2ncc3c(n2)CCN(Cc2ccc(-c4cccc(Cl)c4)nc2)C3)cc1. The Bertz CT molecular complexity index is 1210. The van der Waals surface area contributed by atoms with Crippen LogP contribution in [0.25, 0.3) is 22.6 Å². The number of rotatable bonds is 4. The number of hydrogen-bond acceptors (Lipinski definition) is 4. The van der Waals surface area contributed by atoms with Gasteiger partial charge in [-0.1, -0.05) is 41.4 Å². The van der Waals surface area contributed by atoms with Crippen LogP contribution in [0.5, 0.6) is 0 Å². The van der Waals surface area contributed by atoms with Gasteiger partial charge in [0.05, 0.1) is 11.4 Å². The Balaban J connectivity index is 1.27. The summed E-state index contributed by atoms with van der Waals surface area (Å²) in [6, 6.07) is 19.6. The molecule has 5 rings (SSSR count). The van der Waals surface area contributed by atoms with Crippen LogP contribution >= 0.6 is 23.2 Å². The van der Waals surface area contributed by atoms with Gasteiger partial charge in [0, 0.05) is 65.2 Å². The van der Waals surface area contributed by atoms with Crippen molar-refractivity contribution in [2.24, 2.45) is 0 Å². The quantitative estimate of drug-likeness (QED) is 0.381. The molecule has 4 nitrogen and oxygen atoms in total. The van der Waals surface area contributed by atoms with Gasteiger partial charge in [0.15, 0.2) is 5.82 Å². The van der Waals surface area contributed by atoms with E-state index in [-0.39, 0.29) is 0 Å². The van der Waals surface area contributed by atoms with E-state index in [1.54, 1.807) is 0 Å². The van der Waals surface area contributed by atoms with Crippen LogP contribution < -0.4 is 0 Å². The summed E-state index contributed by atoms with van der Waals surface area (Å²) < 4.78 is 0. The predicted octanol–water partition coefficient (Wildman–Crippen LogP) is 6.07. The maximum absolute atomic E-state index is 6.10. The first-order valence-corrected chi connectivity index (χ1v) is 10.9. The summed E-state index contributed by atoms with van der Waals surface area (Å²) in [6.07, 6.45) is 4.82. The molecule has 0 bridgehead atoms. The third kappa shape index (κ3) is 4.62. The molecule has 3 heterocycles. The van der Waals surface area contributed by atoms with Crippen LogP contribution in [0.2, 0.25) is 10.0 Å². The molecule has 0 radical (unpaired) electrons. The summed E-state index contributed by atoms with van der Waals surface area (Å²) in [6.45, 7) is 2.65. The van der Waals surface area contributed by atoms with Gasteiger partial charge in [0.25, 0.3) is 0 Å². The molecule has 0 N–H and O–H groups in total. The van der Waals surface area contributed by atoms with Crippen molar-refractivity contribution in [3.05, 3.63) is 99.9 Å². The van der Waals surface area contributed by atoms with E-state index in [0.29, 0.717) is 5.02 Å². The van der Waals surface area contributed by atoms with Crippen molar-refractivity contribution in [3.63, 3.8) is 0 Å². The number of fused-ring (bicyclic) bond motifs is 1. The van der Waals surface area contributed by atoms with Gasteiger partial charge >= 0.3 is 0 Å². The molecule has 1 aliphatic rings. The maximum atomic E-state index is 6.10. The summed E-state index contributed by atoms with van der Waals surface area (Å²) in [5, 5.41) is 1.43. The van der Waals surface area contributed by atoms with Crippen molar-refractivity contribution in [2.75, 3.05) is 6.54 Å². The fraction of sp³-hybridized carbons (Fsp3) is 0.160. The molecular weight excluding hydrogens is 427 g/mol. The predicted molar refractivity (Wildman–Crippen MR) is 125 cm³/mol. The summed E-state index contributed by atoms with van der Waals surface area (Å²) in [4.78, 5) is 16.4. The zero-order valence-corrected chi connectivity index (χ0v) is 18.3. The van der Waals surface area contributed by atoms with Crippen molar-refractivity contribution in [2.45, 2.75) is 19.5 Å². The van der Waals surface area contributed by atoms with E-state index < -0.39 is 0 Å². The number of halogens is 2. The van der Waals surface area contributed by atoms with Crippen molar-refractivity contribution < 1.29 is 0 Å². The first-order chi connectivity index (χ1) is 15.1. The molecule has 0 spiro atoms. The van der Waals surface area contributed by atoms with E-state index in [9.17, 15) is 0 Å². The molecule has 0 saturated heterocycles. The van der Waals surface area contributed by atoms with Gasteiger partial charge in [-0.2, -0.15) is 0 Å². The van der Waals surface area contributed by atoms with E-state index in [4.69, 9.17) is 28.2 Å². The zero-order chi connectivity index (χ0) is 21.2. The van der Waals surface area contributed by atoms with Crippen LogP contribution in [0.3, 0.4) is 0 Å². The average molecular weight is 447 g/mol. The molecule has 2 aromatic heterocycles. The summed E-state index contributed by atoms with van der Waals surface area (Å²) >= 11 is 12.1. The smallest absolute Gasteiger partial charge is 0.159 e. The summed E-state index contributed by atoms with van der Waals surface area (Å²) in [5.41, 5.74) is 6.45. The normalized spacial score (nSPS) is 13.7. The molecule has 2 aromatic carbocycles. The molecule has 0 atom stereocenters. The van der Waals surface area contributed by atoms with Gasteiger partial charge in [-0.05, 0) is 48.0 Å². The third-order valence-corrected chi connectivity index (χ3v) is 5.95. The second kappa shape index (κ2) is 8.75. The largest absolute Gasteiger partial charge is 0.294 e. The molecule has 0 fully saturated rings. The van der Waals surface area contributed by atoms with E-state index in [0.717, 1.165) is 59.4 Å². The van der Waals surface area contributed by atoms with Gasteiger partial charge in [-0.25, -0.2) is 9.97 Å². The minimum atomic E-state index is 0.715. The number of pyridine rings is 1. The first kappa shape index (κ1) is 20.1. The van der Waals surface area contributed by atoms with Crippen molar-refractivity contribution in [3.8, 4) is 22.6 Å². The highest BCUT2D eigenvalue weighted by atomic mass is 35.5. The Labute approximate surface area is 191 Å². The van der Waals surface area contributed by atoms with Crippen molar-refractivity contribution in [1.29, 1.82) is 0 Å². The molecule has 0 aliphatic carbocycles. The topological polar surface area (TPSA) is 41.9 Å². The summed E-state index contributed by atoms with van der Waals surface area (Å²) in [5.74, 6) is 0.754. The van der Waals surface area contributed by atoms with Gasteiger partial charge in [0.1, 0.15) is 0 Å². The Kier molecular flexibility index (Phi) is 5.68. The Morgan fingerprint density at radius 3 is 2.48 bits per heavy atom. The van der Waals surface area contributed by atoms with Crippen LogP contribution in [0.15, 0.2) is 73.1 Å². The summed E-state index contributed by atoms with van der Waals surface area (Å²) in [7, 11) is 0. The molecular formula is C25H20Cl2N4. The first-order valence-electron chi connectivity index (χ1n) is 10.2. The lowest BCUT2D eigenvalue weighted by Gasteiger charge is -2.28. The number of nitrogens with zero attached hydrogens (tertiary/aromatic N) is 4. The average Bonchev–Trinajstić information content (AvgIpc) is 2.80. The molecule has 0 saturated carbocycles. The van der Waals surface area contributed by atoms with Crippen molar-refractivity contribution >= 4 is 23.2 Å². The highest BCUT2D eigenvalue weighted by Gasteiger charge is 2.19. The second-order valence-corrected chi connectivity index (χ2v) is 8.57. The van der Waals surface area contributed by atoms with Gasteiger partial charge in [-0.3, -0.25) is 9.88 Å². The van der Waals surface area contributed by atoms with E-state index >= 15 is 0 Å². The molecule has 6 heteroatoms. The molecule has 31 heavy (non-hydrogen) atoms. The zero-order valence-electron chi connectivity index (χ0n) is 16.8. The van der Waals surface area contributed by atoms with Crippen LogP contribution in [-0.4, -0.2) is 26.4 Å². The highest BCUT2D eigenvalue weighted by molar-refractivity contribution is 6.31. The van der Waals surface area contributed by atoms with E-state index in [1.807, 2.05) is 60.9 Å². The third-order valence-electron chi connectivity index (χ3n) is 5.47. The number of aromatic nitrogens is 3. The van der Waals surface area contributed by atoms with Gasteiger partial charge in [0.2, 0.25) is 0 Å². The van der Waals surface area contributed by atoms with Crippen molar-refractivity contribution in [1.82, 2.24) is 19.9 Å². The van der Waals surface area contributed by atoms with Crippen LogP contribution in [0.1, 0.15) is 16.8 Å². The minimum absolute atomic E-state index is 0.715. The molecule has 154 valence electrons. The standard InChI is InChI=1S/C25H20Cl2N4/c26-21-7-5-18(6-8-21)25-29-14-20-16-31(11-10-24(20)30-25)15-17-4-9-23(28-13-17)19-2-1-3-22(27)12-19/h1-9,12-14H,10-11,15-16H2. The monoisotopic (exact) mass is 446 g/mol. The molecule has 1 aliphatic heterocycles. The fourth-order valence-corrected chi connectivity index (χ4v) is 4.16. The number of hydrogen-bond donors (Lipinski definition) is 0. The lowest BCUT2D eigenvalue weighted by molar-refractivity contribution is 0.242. The molecule has 0 unspecified atom stereocenters. The van der Waals surface area contributed by atoms with Crippen LogP contribution in [0.4, 0.5) is 0 Å². The second-order valence-electron chi connectivity index (χ2n) is 7.70. The lowest BCUT2D eigenvalue weighted by atomic mass is 10.1. The minimum Gasteiger partial charge on any atom is -0.294 e. The Morgan fingerprint density at radius 1 is 0.839 bits per heavy atom. The van der Waals surface area contributed by atoms with Gasteiger partial charge in [-0.15, -0.1) is 0 Å². The van der Waals surface area contributed by atoms with E-state index in [1.165, 1.54) is 11.1 Å². The van der Waals surface area contributed by atoms with Crippen LogP contribution in [0, 0.1) is 0 Å². The highest BCUT2D eigenvalue weighted by Crippen LogP contribution is 2.24. The Morgan fingerprint density at radius 2 is 1.71 bits per heavy atom. The number of benzene rings is 2. The van der Waals surface area contributed by atoms with Crippen LogP contribution in [-0.2, 0) is 19.5 Å². The fourth-order valence-electron chi connectivity index (χ4n) is 3.84. The molecule has 4 aromatic rings. The van der Waals surface area contributed by atoms with E-state index in [2.05, 4.69) is 27.0 Å². The maximum Gasteiger partial charge on any atom is 0.159 e. The Hall–Kier alpha value is -2.79. The molecule has 0 amide bonds. The van der Waals surface area contributed by atoms with Gasteiger partial charge < -0.3 is 0 Å².